The Morgan fingerprint density at radius 1 is 0.880 bits per heavy atom. The number of nitrogens with two attached hydrogens (primary N) is 1. The normalized spacial score (nSPS) is 17.5. The van der Waals surface area contributed by atoms with Crippen molar-refractivity contribution in [3.05, 3.63) is 71.8 Å². The van der Waals surface area contributed by atoms with Gasteiger partial charge in [0.25, 0.3) is 0 Å². The smallest absolute Gasteiger partial charge is 0.00797 e. The SMILES string of the molecule is NC(CCCN1CCC(Cc2ccccc2)CC1)Cc1ccccc1. The molecule has 3 rings (SSSR count). The van der Waals surface area contributed by atoms with Crippen LogP contribution in [0.3, 0.4) is 0 Å². The Labute approximate surface area is 153 Å². The van der Waals surface area contributed by atoms with Crippen LogP contribution in [0.1, 0.15) is 36.8 Å². The highest BCUT2D eigenvalue weighted by Crippen LogP contribution is 2.22. The van der Waals surface area contributed by atoms with Crippen LogP contribution in [0.15, 0.2) is 60.7 Å². The summed E-state index contributed by atoms with van der Waals surface area (Å²) in [5.74, 6) is 0.860. The largest absolute Gasteiger partial charge is 0.327 e. The maximum Gasteiger partial charge on any atom is 0.00797 e. The average molecular weight is 337 g/mol. The van der Waals surface area contributed by atoms with Crippen LogP contribution in [-0.4, -0.2) is 30.6 Å². The molecular formula is C23H32N2. The first kappa shape index (κ1) is 18.2. The molecule has 0 aromatic heterocycles. The minimum absolute atomic E-state index is 0.290. The van der Waals surface area contributed by atoms with Gasteiger partial charge in [-0.1, -0.05) is 60.7 Å². The zero-order valence-electron chi connectivity index (χ0n) is 15.3. The molecule has 25 heavy (non-hydrogen) atoms. The molecule has 0 aliphatic carbocycles. The first-order chi connectivity index (χ1) is 12.3. The third-order valence-electron chi connectivity index (χ3n) is 5.46. The second-order valence-electron chi connectivity index (χ2n) is 7.57. The fourth-order valence-corrected chi connectivity index (χ4v) is 3.96. The number of nitrogens with zero attached hydrogens (tertiary/aromatic N) is 1. The van der Waals surface area contributed by atoms with Crippen molar-refractivity contribution in [2.24, 2.45) is 11.7 Å². The molecule has 0 radical (unpaired) electrons. The molecule has 2 aromatic rings. The Bertz CT molecular complexity index is 588. The fraction of sp³-hybridized carbons (Fsp3) is 0.478. The van der Waals surface area contributed by atoms with Crippen LogP contribution in [0.2, 0.25) is 0 Å². The first-order valence-corrected chi connectivity index (χ1v) is 9.85. The minimum atomic E-state index is 0.290. The summed E-state index contributed by atoms with van der Waals surface area (Å²) < 4.78 is 0. The molecular weight excluding hydrogens is 304 g/mol. The molecule has 1 aliphatic rings. The van der Waals surface area contributed by atoms with E-state index in [2.05, 4.69) is 65.6 Å². The monoisotopic (exact) mass is 336 g/mol. The van der Waals surface area contributed by atoms with Gasteiger partial charge in [0.2, 0.25) is 0 Å². The van der Waals surface area contributed by atoms with Crippen LogP contribution in [0.5, 0.6) is 0 Å². The van der Waals surface area contributed by atoms with E-state index in [0.717, 1.165) is 18.8 Å². The highest BCUT2D eigenvalue weighted by molar-refractivity contribution is 5.16. The molecule has 1 unspecified atom stereocenters. The van der Waals surface area contributed by atoms with Crippen molar-refractivity contribution in [1.29, 1.82) is 0 Å². The molecule has 0 saturated carbocycles. The van der Waals surface area contributed by atoms with Crippen molar-refractivity contribution in [2.45, 2.75) is 44.6 Å². The second kappa shape index (κ2) is 9.74. The lowest BCUT2D eigenvalue weighted by atomic mass is 9.90. The van der Waals surface area contributed by atoms with E-state index in [9.17, 15) is 0 Å². The Morgan fingerprint density at radius 2 is 1.48 bits per heavy atom. The summed E-state index contributed by atoms with van der Waals surface area (Å²) >= 11 is 0. The number of hydrogen-bond donors (Lipinski definition) is 1. The van der Waals surface area contributed by atoms with Crippen LogP contribution in [0.4, 0.5) is 0 Å². The van der Waals surface area contributed by atoms with Crippen LogP contribution in [0.25, 0.3) is 0 Å². The van der Waals surface area contributed by atoms with Crippen LogP contribution in [-0.2, 0) is 12.8 Å². The van der Waals surface area contributed by atoms with Crippen molar-refractivity contribution < 1.29 is 0 Å². The molecule has 2 heteroatoms. The van der Waals surface area contributed by atoms with E-state index >= 15 is 0 Å². The zero-order chi connectivity index (χ0) is 17.3. The average Bonchev–Trinajstić information content (AvgIpc) is 2.65. The van der Waals surface area contributed by atoms with Gasteiger partial charge in [-0.05, 0) is 75.2 Å². The van der Waals surface area contributed by atoms with E-state index in [0.29, 0.717) is 0 Å². The van der Waals surface area contributed by atoms with E-state index in [-0.39, 0.29) is 6.04 Å². The van der Waals surface area contributed by atoms with Crippen molar-refractivity contribution in [1.82, 2.24) is 4.90 Å². The first-order valence-electron chi connectivity index (χ1n) is 9.85. The van der Waals surface area contributed by atoms with E-state index in [1.165, 1.54) is 56.4 Å². The highest BCUT2D eigenvalue weighted by Gasteiger charge is 2.19. The molecule has 0 bridgehead atoms. The molecule has 0 spiro atoms. The Kier molecular flexibility index (Phi) is 7.08. The maximum atomic E-state index is 6.31. The van der Waals surface area contributed by atoms with E-state index < -0.39 is 0 Å². The summed E-state index contributed by atoms with van der Waals surface area (Å²) in [5.41, 5.74) is 9.16. The van der Waals surface area contributed by atoms with Gasteiger partial charge < -0.3 is 10.6 Å². The van der Waals surface area contributed by atoms with Gasteiger partial charge in [-0.3, -0.25) is 0 Å². The lowest BCUT2D eigenvalue weighted by Crippen LogP contribution is -2.35. The predicted octanol–water partition coefficient (Wildman–Crippen LogP) is 4.29. The summed E-state index contributed by atoms with van der Waals surface area (Å²) in [5, 5.41) is 0. The van der Waals surface area contributed by atoms with E-state index in [1.807, 2.05) is 0 Å². The van der Waals surface area contributed by atoms with E-state index in [1.54, 1.807) is 0 Å². The Balaban J connectivity index is 1.30. The summed E-state index contributed by atoms with van der Waals surface area (Å²) in [6.45, 7) is 3.72. The van der Waals surface area contributed by atoms with Crippen LogP contribution >= 0.6 is 0 Å². The van der Waals surface area contributed by atoms with Gasteiger partial charge in [0.15, 0.2) is 0 Å². The molecule has 1 aliphatic heterocycles. The summed E-state index contributed by atoms with van der Waals surface area (Å²) in [7, 11) is 0. The lowest BCUT2D eigenvalue weighted by molar-refractivity contribution is 0.180. The minimum Gasteiger partial charge on any atom is -0.327 e. The highest BCUT2D eigenvalue weighted by atomic mass is 15.1. The molecule has 1 heterocycles. The zero-order valence-corrected chi connectivity index (χ0v) is 15.3. The molecule has 1 fully saturated rings. The van der Waals surface area contributed by atoms with Crippen molar-refractivity contribution in [3.8, 4) is 0 Å². The molecule has 1 saturated heterocycles. The van der Waals surface area contributed by atoms with Gasteiger partial charge in [-0.2, -0.15) is 0 Å². The number of piperidine rings is 1. The van der Waals surface area contributed by atoms with Gasteiger partial charge in [-0.15, -0.1) is 0 Å². The maximum absolute atomic E-state index is 6.31. The van der Waals surface area contributed by atoms with Gasteiger partial charge in [0.1, 0.15) is 0 Å². The van der Waals surface area contributed by atoms with Crippen LogP contribution < -0.4 is 5.73 Å². The Morgan fingerprint density at radius 3 is 2.12 bits per heavy atom. The second-order valence-corrected chi connectivity index (χ2v) is 7.57. The van der Waals surface area contributed by atoms with Crippen molar-refractivity contribution in [3.63, 3.8) is 0 Å². The molecule has 1 atom stereocenters. The number of likely N-dealkylation sites (tertiary alicyclic amines) is 1. The summed E-state index contributed by atoms with van der Waals surface area (Å²) in [4.78, 5) is 2.64. The van der Waals surface area contributed by atoms with Crippen LogP contribution in [0, 0.1) is 5.92 Å². The molecule has 0 amide bonds. The topological polar surface area (TPSA) is 29.3 Å². The van der Waals surface area contributed by atoms with Gasteiger partial charge in [0.05, 0.1) is 0 Å². The quantitative estimate of drug-likeness (QED) is 0.779. The lowest BCUT2D eigenvalue weighted by Gasteiger charge is -2.32. The van der Waals surface area contributed by atoms with E-state index in [4.69, 9.17) is 5.73 Å². The van der Waals surface area contributed by atoms with Gasteiger partial charge in [0, 0.05) is 6.04 Å². The Hall–Kier alpha value is -1.64. The number of hydrogen-bond acceptors (Lipinski definition) is 2. The summed E-state index contributed by atoms with van der Waals surface area (Å²) in [6.07, 6.45) is 7.27. The van der Waals surface area contributed by atoms with Crippen molar-refractivity contribution in [2.75, 3.05) is 19.6 Å². The molecule has 2 aromatic carbocycles. The molecule has 2 nitrogen and oxygen atoms in total. The standard InChI is InChI=1S/C23H32N2/c24-23(19-21-10-5-2-6-11-21)12-7-15-25-16-13-22(14-17-25)18-20-8-3-1-4-9-20/h1-6,8-11,22-23H,7,12-19,24H2. The van der Waals surface area contributed by atoms with Gasteiger partial charge in [-0.25, -0.2) is 0 Å². The third kappa shape index (κ3) is 6.30. The number of rotatable bonds is 8. The molecule has 134 valence electrons. The fourth-order valence-electron chi connectivity index (χ4n) is 3.96. The van der Waals surface area contributed by atoms with Crippen molar-refractivity contribution >= 4 is 0 Å². The third-order valence-corrected chi connectivity index (χ3v) is 5.46. The van der Waals surface area contributed by atoms with Gasteiger partial charge >= 0.3 is 0 Å². The predicted molar refractivity (Wildman–Crippen MR) is 107 cm³/mol. The molecule has 2 N–H and O–H groups in total. The summed E-state index contributed by atoms with van der Waals surface area (Å²) in [6, 6.07) is 21.9. The number of benzene rings is 2.